The van der Waals surface area contributed by atoms with Gasteiger partial charge in [0.15, 0.2) is 5.01 Å². The molecule has 1 N–H and O–H groups in total. The normalized spacial score (nSPS) is 10.7. The minimum Gasteiger partial charge on any atom is -0.486 e. The highest BCUT2D eigenvalue weighted by Gasteiger charge is 2.12. The minimum absolute atomic E-state index is 0.166. The van der Waals surface area contributed by atoms with Gasteiger partial charge >= 0.3 is 0 Å². The van der Waals surface area contributed by atoms with E-state index in [-0.39, 0.29) is 12.3 Å². The number of nitrogens with zero attached hydrogens (tertiary/aromatic N) is 4. The van der Waals surface area contributed by atoms with Gasteiger partial charge in [-0.25, -0.2) is 4.98 Å². The summed E-state index contributed by atoms with van der Waals surface area (Å²) >= 11 is 2.75. The average molecular weight is 424 g/mol. The van der Waals surface area contributed by atoms with Crippen LogP contribution in [0.5, 0.6) is 5.75 Å². The fraction of sp³-hybridized carbons (Fsp3) is 0.150. The second-order valence-corrected chi connectivity index (χ2v) is 8.11. The molecule has 9 heteroatoms. The number of pyridine rings is 1. The number of carbonyl (C=O) groups is 1. The topological polar surface area (TPSA) is 89.9 Å². The lowest BCUT2D eigenvalue weighted by Gasteiger charge is -2.03. The Morgan fingerprint density at radius 1 is 1.14 bits per heavy atom. The Morgan fingerprint density at radius 2 is 2.00 bits per heavy atom. The van der Waals surface area contributed by atoms with Gasteiger partial charge in [0, 0.05) is 11.6 Å². The van der Waals surface area contributed by atoms with Gasteiger partial charge < -0.3 is 10.1 Å². The Hall–Kier alpha value is -3.17. The van der Waals surface area contributed by atoms with Gasteiger partial charge in [-0.15, -0.1) is 21.5 Å². The van der Waals surface area contributed by atoms with Crippen LogP contribution in [0.15, 0.2) is 54.0 Å². The van der Waals surface area contributed by atoms with Crippen LogP contribution in [0.4, 0.5) is 5.13 Å². The van der Waals surface area contributed by atoms with E-state index in [9.17, 15) is 4.79 Å². The highest BCUT2D eigenvalue weighted by atomic mass is 32.1. The van der Waals surface area contributed by atoms with Crippen LogP contribution in [-0.4, -0.2) is 26.1 Å². The second-order valence-electron chi connectivity index (χ2n) is 6.19. The molecule has 0 aliphatic heterocycles. The van der Waals surface area contributed by atoms with Gasteiger partial charge in [0.2, 0.25) is 11.0 Å². The zero-order valence-corrected chi connectivity index (χ0v) is 17.2. The summed E-state index contributed by atoms with van der Waals surface area (Å²) in [6.45, 7) is 2.41. The smallest absolute Gasteiger partial charge is 0.232 e. The predicted molar refractivity (Wildman–Crippen MR) is 113 cm³/mol. The lowest BCUT2D eigenvalue weighted by molar-refractivity contribution is -0.115. The van der Waals surface area contributed by atoms with Crippen LogP contribution >= 0.6 is 22.7 Å². The van der Waals surface area contributed by atoms with E-state index in [1.165, 1.54) is 28.2 Å². The number of hydrogen-bond acceptors (Lipinski definition) is 8. The maximum atomic E-state index is 12.3. The lowest BCUT2D eigenvalue weighted by atomic mass is 10.2. The minimum atomic E-state index is -0.190. The number of aryl methyl sites for hydroxylation is 1. The maximum absolute atomic E-state index is 12.3. The molecule has 3 heterocycles. The molecule has 0 saturated carbocycles. The third-order valence-electron chi connectivity index (χ3n) is 3.88. The first-order valence-electron chi connectivity index (χ1n) is 8.83. The molecule has 0 unspecified atom stereocenters. The summed E-state index contributed by atoms with van der Waals surface area (Å²) in [6.07, 6.45) is 1.86. The van der Waals surface area contributed by atoms with E-state index in [1.54, 1.807) is 6.20 Å². The van der Waals surface area contributed by atoms with Crippen molar-refractivity contribution in [3.05, 3.63) is 70.3 Å². The highest BCUT2D eigenvalue weighted by Crippen LogP contribution is 2.24. The van der Waals surface area contributed by atoms with Crippen molar-refractivity contribution in [2.75, 3.05) is 5.32 Å². The fourth-order valence-corrected chi connectivity index (χ4v) is 3.91. The summed E-state index contributed by atoms with van der Waals surface area (Å²) in [5, 5.41) is 14.6. The molecule has 4 rings (SSSR count). The van der Waals surface area contributed by atoms with Gasteiger partial charge in [0.05, 0.1) is 12.1 Å². The molecule has 0 aliphatic carbocycles. The molecule has 3 aromatic heterocycles. The molecule has 0 fully saturated rings. The number of hydrogen-bond donors (Lipinski definition) is 1. The summed E-state index contributed by atoms with van der Waals surface area (Å²) in [7, 11) is 0. The second kappa shape index (κ2) is 8.89. The number of benzene rings is 1. The zero-order chi connectivity index (χ0) is 20.1. The van der Waals surface area contributed by atoms with Crippen LogP contribution in [0.3, 0.4) is 0 Å². The molecule has 0 spiro atoms. The Bertz CT molecular complexity index is 1090. The first kappa shape index (κ1) is 19.2. The Morgan fingerprint density at radius 3 is 2.79 bits per heavy atom. The molecular weight excluding hydrogens is 406 g/mol. The van der Waals surface area contributed by atoms with Crippen molar-refractivity contribution >= 4 is 33.7 Å². The molecule has 1 amide bonds. The fourth-order valence-electron chi connectivity index (χ4n) is 2.47. The number of thiazole rings is 1. The van der Waals surface area contributed by atoms with Crippen LogP contribution in [0.2, 0.25) is 0 Å². The third-order valence-corrected chi connectivity index (χ3v) is 5.61. The molecule has 1 aromatic carbocycles. The van der Waals surface area contributed by atoms with Crippen LogP contribution in [0.25, 0.3) is 10.7 Å². The van der Waals surface area contributed by atoms with E-state index >= 15 is 0 Å². The molecule has 0 bridgehead atoms. The van der Waals surface area contributed by atoms with Gasteiger partial charge in [-0.05, 0) is 31.2 Å². The molecule has 4 aromatic rings. The van der Waals surface area contributed by atoms with E-state index < -0.39 is 0 Å². The molecule has 146 valence electrons. The number of carbonyl (C=O) groups excluding carboxylic acids is 1. The Balaban J connectivity index is 1.30. The van der Waals surface area contributed by atoms with E-state index in [0.29, 0.717) is 22.4 Å². The van der Waals surface area contributed by atoms with Crippen molar-refractivity contribution in [2.45, 2.75) is 20.0 Å². The van der Waals surface area contributed by atoms with Gasteiger partial charge in [0.25, 0.3) is 0 Å². The summed E-state index contributed by atoms with van der Waals surface area (Å²) in [5.41, 5.74) is 2.61. The number of aromatic nitrogens is 4. The Labute approximate surface area is 175 Å². The summed E-state index contributed by atoms with van der Waals surface area (Å²) < 4.78 is 5.73. The summed E-state index contributed by atoms with van der Waals surface area (Å²) in [5.74, 6) is 0.607. The molecule has 0 aliphatic rings. The van der Waals surface area contributed by atoms with Crippen LogP contribution in [0.1, 0.15) is 16.3 Å². The SMILES string of the molecule is Cc1ccc(OCc2nc(CC(=O)Nc3nnc(-c4ccccn4)s3)cs2)cc1. The molecule has 29 heavy (non-hydrogen) atoms. The quantitative estimate of drug-likeness (QED) is 0.481. The number of nitrogens with one attached hydrogen (secondary N) is 1. The van der Waals surface area contributed by atoms with E-state index in [2.05, 4.69) is 25.5 Å². The first-order chi connectivity index (χ1) is 14.2. The van der Waals surface area contributed by atoms with E-state index in [4.69, 9.17) is 4.74 Å². The number of anilines is 1. The molecule has 0 saturated heterocycles. The highest BCUT2D eigenvalue weighted by molar-refractivity contribution is 7.18. The largest absolute Gasteiger partial charge is 0.486 e. The van der Waals surface area contributed by atoms with E-state index in [1.807, 2.05) is 54.8 Å². The van der Waals surface area contributed by atoms with Crippen LogP contribution in [0, 0.1) is 6.92 Å². The predicted octanol–water partition coefficient (Wildman–Crippen LogP) is 4.13. The van der Waals surface area contributed by atoms with Crippen LogP contribution in [-0.2, 0) is 17.8 Å². The summed E-state index contributed by atoms with van der Waals surface area (Å²) in [6, 6.07) is 13.4. The maximum Gasteiger partial charge on any atom is 0.232 e. The van der Waals surface area contributed by atoms with Gasteiger partial charge in [-0.2, -0.15) is 0 Å². The van der Waals surface area contributed by atoms with Gasteiger partial charge in [-0.3, -0.25) is 9.78 Å². The zero-order valence-electron chi connectivity index (χ0n) is 15.5. The van der Waals surface area contributed by atoms with Crippen molar-refractivity contribution in [3.8, 4) is 16.5 Å². The van der Waals surface area contributed by atoms with Crippen molar-refractivity contribution < 1.29 is 9.53 Å². The molecule has 0 atom stereocenters. The average Bonchev–Trinajstić information content (AvgIpc) is 3.38. The number of amides is 1. The third kappa shape index (κ3) is 5.21. The summed E-state index contributed by atoms with van der Waals surface area (Å²) in [4.78, 5) is 21.0. The molecule has 7 nitrogen and oxygen atoms in total. The van der Waals surface area contributed by atoms with Crippen molar-refractivity contribution in [3.63, 3.8) is 0 Å². The number of rotatable bonds is 7. The van der Waals surface area contributed by atoms with Gasteiger partial charge in [0.1, 0.15) is 23.1 Å². The lowest BCUT2D eigenvalue weighted by Crippen LogP contribution is -2.14. The van der Waals surface area contributed by atoms with Crippen molar-refractivity contribution in [1.29, 1.82) is 0 Å². The first-order valence-corrected chi connectivity index (χ1v) is 10.5. The van der Waals surface area contributed by atoms with E-state index in [0.717, 1.165) is 16.5 Å². The van der Waals surface area contributed by atoms with Crippen molar-refractivity contribution in [1.82, 2.24) is 20.2 Å². The monoisotopic (exact) mass is 423 g/mol. The van der Waals surface area contributed by atoms with Crippen molar-refractivity contribution in [2.24, 2.45) is 0 Å². The van der Waals surface area contributed by atoms with Crippen LogP contribution < -0.4 is 10.1 Å². The standard InChI is InChI=1S/C20H17N5O2S2/c1-13-5-7-15(8-6-13)27-11-18-22-14(12-28-18)10-17(26)23-20-25-24-19(29-20)16-4-2-3-9-21-16/h2-9,12H,10-11H2,1H3,(H,23,25,26). The molecular formula is C20H17N5O2S2. The number of ether oxygens (including phenoxy) is 1. The van der Waals surface area contributed by atoms with Gasteiger partial charge in [-0.1, -0.05) is 35.1 Å². The Kier molecular flexibility index (Phi) is 5.87. The molecule has 0 radical (unpaired) electrons.